The summed E-state index contributed by atoms with van der Waals surface area (Å²) in [7, 11) is 0. The van der Waals surface area contributed by atoms with Gasteiger partial charge in [-0.3, -0.25) is 19.7 Å². The fourth-order valence-corrected chi connectivity index (χ4v) is 4.01. The molecule has 0 unspecified atom stereocenters. The van der Waals surface area contributed by atoms with E-state index in [2.05, 4.69) is 32.8 Å². The van der Waals surface area contributed by atoms with Crippen LogP contribution >= 0.6 is 0 Å². The number of pyridine rings is 1. The zero-order chi connectivity index (χ0) is 19.3. The molecule has 5 heteroatoms. The van der Waals surface area contributed by atoms with Gasteiger partial charge in [-0.25, -0.2) is 0 Å². The fraction of sp³-hybridized carbons (Fsp3) is 0.391. The highest BCUT2D eigenvalue weighted by Crippen LogP contribution is 2.24. The van der Waals surface area contributed by atoms with Crippen molar-refractivity contribution in [3.63, 3.8) is 0 Å². The van der Waals surface area contributed by atoms with Gasteiger partial charge >= 0.3 is 0 Å². The van der Waals surface area contributed by atoms with Crippen LogP contribution in [0.2, 0.25) is 0 Å². The molecule has 3 heterocycles. The minimum Gasteiger partial charge on any atom is -0.303 e. The van der Waals surface area contributed by atoms with Crippen molar-refractivity contribution in [3.8, 4) is 11.3 Å². The van der Waals surface area contributed by atoms with Crippen LogP contribution in [0, 0.1) is 5.92 Å². The summed E-state index contributed by atoms with van der Waals surface area (Å²) in [5.41, 5.74) is 2.72. The summed E-state index contributed by atoms with van der Waals surface area (Å²) in [6, 6.07) is 8.21. The Labute approximate surface area is 165 Å². The molecule has 1 aliphatic rings. The maximum absolute atomic E-state index is 12.8. The monoisotopic (exact) mass is 374 g/mol. The summed E-state index contributed by atoms with van der Waals surface area (Å²) in [4.78, 5) is 28.3. The fourth-order valence-electron chi connectivity index (χ4n) is 4.01. The number of nitrogens with zero attached hydrogens (tertiary/aromatic N) is 4. The maximum Gasteiger partial charge on any atom is 0.142 e. The SMILES string of the molecule is CCCN1CCC(C(=O)Cc2cc3cc(-c4cnccn4)ccc3cn2)CC1. The topological polar surface area (TPSA) is 59.0 Å². The van der Waals surface area contributed by atoms with Gasteiger partial charge < -0.3 is 4.90 Å². The van der Waals surface area contributed by atoms with Gasteiger partial charge in [0.15, 0.2) is 0 Å². The van der Waals surface area contributed by atoms with Crippen molar-refractivity contribution < 1.29 is 4.79 Å². The van der Waals surface area contributed by atoms with E-state index in [4.69, 9.17) is 0 Å². The van der Waals surface area contributed by atoms with Gasteiger partial charge in [-0.2, -0.15) is 0 Å². The van der Waals surface area contributed by atoms with E-state index in [1.165, 1.54) is 6.42 Å². The number of fused-ring (bicyclic) bond motifs is 1. The quantitative estimate of drug-likeness (QED) is 0.654. The van der Waals surface area contributed by atoms with E-state index < -0.39 is 0 Å². The number of carbonyl (C=O) groups is 1. The van der Waals surface area contributed by atoms with Crippen LogP contribution in [0.5, 0.6) is 0 Å². The molecule has 4 rings (SSSR count). The van der Waals surface area contributed by atoms with E-state index in [9.17, 15) is 4.79 Å². The molecule has 144 valence electrons. The largest absolute Gasteiger partial charge is 0.303 e. The van der Waals surface area contributed by atoms with Crippen molar-refractivity contribution >= 4 is 16.6 Å². The van der Waals surface area contributed by atoms with Crippen molar-refractivity contribution in [1.82, 2.24) is 19.9 Å². The summed E-state index contributed by atoms with van der Waals surface area (Å²) in [5.74, 6) is 0.504. The first-order valence-corrected chi connectivity index (χ1v) is 10.1. The van der Waals surface area contributed by atoms with Crippen LogP contribution in [-0.4, -0.2) is 45.3 Å². The number of carbonyl (C=O) groups excluding carboxylic acids is 1. The minimum atomic E-state index is 0.177. The highest BCUT2D eigenvalue weighted by Gasteiger charge is 2.24. The first-order valence-electron chi connectivity index (χ1n) is 10.1. The van der Waals surface area contributed by atoms with Crippen LogP contribution in [0.25, 0.3) is 22.0 Å². The van der Waals surface area contributed by atoms with E-state index >= 15 is 0 Å². The van der Waals surface area contributed by atoms with E-state index in [0.717, 1.165) is 60.2 Å². The van der Waals surface area contributed by atoms with Gasteiger partial charge in [0.05, 0.1) is 11.9 Å². The van der Waals surface area contributed by atoms with Gasteiger partial charge in [0.25, 0.3) is 0 Å². The van der Waals surface area contributed by atoms with Crippen molar-refractivity contribution in [2.45, 2.75) is 32.6 Å². The molecule has 5 nitrogen and oxygen atoms in total. The van der Waals surface area contributed by atoms with Crippen LogP contribution in [0.3, 0.4) is 0 Å². The number of likely N-dealkylation sites (tertiary alicyclic amines) is 1. The molecule has 0 spiro atoms. The second-order valence-electron chi connectivity index (χ2n) is 7.59. The number of benzene rings is 1. The Hall–Kier alpha value is -2.66. The van der Waals surface area contributed by atoms with Crippen LogP contribution in [-0.2, 0) is 11.2 Å². The third-order valence-electron chi connectivity index (χ3n) is 5.58. The van der Waals surface area contributed by atoms with Crippen LogP contribution in [0.15, 0.2) is 49.1 Å². The average molecular weight is 374 g/mol. The minimum absolute atomic E-state index is 0.177. The third-order valence-corrected chi connectivity index (χ3v) is 5.58. The van der Waals surface area contributed by atoms with Crippen molar-refractivity contribution in [1.29, 1.82) is 0 Å². The van der Waals surface area contributed by atoms with Crippen molar-refractivity contribution in [2.75, 3.05) is 19.6 Å². The van der Waals surface area contributed by atoms with Crippen molar-refractivity contribution in [3.05, 3.63) is 54.7 Å². The molecule has 0 atom stereocenters. The Morgan fingerprint density at radius 3 is 2.68 bits per heavy atom. The molecule has 0 amide bonds. The number of Topliss-reactive ketones (excluding diaryl/α,β-unsaturated/α-hetero) is 1. The molecule has 3 aromatic rings. The first kappa shape index (κ1) is 18.7. The molecule has 1 saturated heterocycles. The Morgan fingerprint density at radius 2 is 1.93 bits per heavy atom. The lowest BCUT2D eigenvalue weighted by Gasteiger charge is -2.30. The number of ketones is 1. The standard InChI is InChI=1S/C23H26N4O/c1-2-9-27-10-5-17(6-11-27)23(28)14-21-13-20-12-18(3-4-19(20)15-26-21)22-16-24-7-8-25-22/h3-4,7-8,12-13,15-17H,2,5-6,9-11,14H2,1H3. The lowest BCUT2D eigenvalue weighted by Crippen LogP contribution is -2.37. The first-order chi connectivity index (χ1) is 13.7. The molecule has 0 saturated carbocycles. The summed E-state index contributed by atoms with van der Waals surface area (Å²) in [6.45, 7) is 5.42. The summed E-state index contributed by atoms with van der Waals surface area (Å²) >= 11 is 0. The summed E-state index contributed by atoms with van der Waals surface area (Å²) in [5, 5.41) is 2.15. The lowest BCUT2D eigenvalue weighted by molar-refractivity contribution is -0.123. The predicted octanol–water partition coefficient (Wildman–Crippen LogP) is 3.93. The third kappa shape index (κ3) is 4.25. The molecule has 1 aromatic carbocycles. The van der Waals surface area contributed by atoms with E-state index in [1.807, 2.05) is 24.4 Å². The Bertz CT molecular complexity index is 949. The highest BCUT2D eigenvalue weighted by molar-refractivity contribution is 5.88. The Morgan fingerprint density at radius 1 is 1.07 bits per heavy atom. The number of aromatic nitrogens is 3. The molecular formula is C23H26N4O. The predicted molar refractivity (Wildman–Crippen MR) is 111 cm³/mol. The highest BCUT2D eigenvalue weighted by atomic mass is 16.1. The second kappa shape index (κ2) is 8.57. The molecule has 0 aliphatic carbocycles. The lowest BCUT2D eigenvalue weighted by atomic mass is 9.90. The molecule has 2 aromatic heterocycles. The molecular weight excluding hydrogens is 348 g/mol. The number of piperidine rings is 1. The number of hydrogen-bond donors (Lipinski definition) is 0. The van der Waals surface area contributed by atoms with Gasteiger partial charge in [-0.1, -0.05) is 19.1 Å². The van der Waals surface area contributed by atoms with Crippen LogP contribution in [0.1, 0.15) is 31.9 Å². The normalized spacial score (nSPS) is 15.8. The second-order valence-corrected chi connectivity index (χ2v) is 7.59. The summed E-state index contributed by atoms with van der Waals surface area (Å²) in [6.07, 6.45) is 10.5. The molecule has 1 aliphatic heterocycles. The van der Waals surface area contributed by atoms with Gasteiger partial charge in [-0.15, -0.1) is 0 Å². The van der Waals surface area contributed by atoms with Crippen LogP contribution < -0.4 is 0 Å². The van der Waals surface area contributed by atoms with Gasteiger partial charge in [0.1, 0.15) is 5.78 Å². The van der Waals surface area contributed by atoms with Crippen LogP contribution in [0.4, 0.5) is 0 Å². The van der Waals surface area contributed by atoms with E-state index in [-0.39, 0.29) is 5.92 Å². The van der Waals surface area contributed by atoms with Gasteiger partial charge in [0, 0.05) is 47.6 Å². The Balaban J connectivity index is 1.47. The summed E-state index contributed by atoms with van der Waals surface area (Å²) < 4.78 is 0. The smallest absolute Gasteiger partial charge is 0.142 e. The van der Waals surface area contributed by atoms with E-state index in [1.54, 1.807) is 18.6 Å². The molecule has 0 bridgehead atoms. The number of rotatable bonds is 6. The molecule has 0 N–H and O–H groups in total. The van der Waals surface area contributed by atoms with Crippen molar-refractivity contribution in [2.24, 2.45) is 5.92 Å². The van der Waals surface area contributed by atoms with E-state index in [0.29, 0.717) is 12.2 Å². The molecule has 0 radical (unpaired) electrons. The maximum atomic E-state index is 12.8. The number of hydrogen-bond acceptors (Lipinski definition) is 5. The zero-order valence-electron chi connectivity index (χ0n) is 16.3. The van der Waals surface area contributed by atoms with Gasteiger partial charge in [0.2, 0.25) is 0 Å². The molecule has 1 fully saturated rings. The zero-order valence-corrected chi connectivity index (χ0v) is 16.3. The Kier molecular flexibility index (Phi) is 5.72. The van der Waals surface area contributed by atoms with Gasteiger partial charge in [-0.05, 0) is 56.4 Å². The average Bonchev–Trinajstić information content (AvgIpc) is 2.74. The molecule has 28 heavy (non-hydrogen) atoms.